The van der Waals surface area contributed by atoms with Gasteiger partial charge in [-0.25, -0.2) is 4.98 Å². The van der Waals surface area contributed by atoms with Gasteiger partial charge < -0.3 is 10.2 Å². The highest BCUT2D eigenvalue weighted by Crippen LogP contribution is 2.38. The van der Waals surface area contributed by atoms with Crippen molar-refractivity contribution < 1.29 is 4.79 Å². The first-order valence-electron chi connectivity index (χ1n) is 9.76. The summed E-state index contributed by atoms with van der Waals surface area (Å²) in [7, 11) is 0. The van der Waals surface area contributed by atoms with Crippen LogP contribution in [0.15, 0.2) is 18.6 Å². The van der Waals surface area contributed by atoms with E-state index in [1.165, 1.54) is 19.3 Å². The summed E-state index contributed by atoms with van der Waals surface area (Å²) < 4.78 is 0. The zero-order valence-corrected chi connectivity index (χ0v) is 15.9. The van der Waals surface area contributed by atoms with E-state index in [0.29, 0.717) is 12.0 Å². The molecule has 2 fully saturated rings. The van der Waals surface area contributed by atoms with Crippen LogP contribution in [0.2, 0.25) is 0 Å². The number of amides is 1. The number of aromatic nitrogens is 2. The average Bonchev–Trinajstić information content (AvgIpc) is 2.62. The van der Waals surface area contributed by atoms with E-state index in [1.54, 1.807) is 18.6 Å². The number of anilines is 1. The first kappa shape index (κ1) is 18.2. The third-order valence-electron chi connectivity index (χ3n) is 5.87. The number of rotatable bonds is 3. The first-order chi connectivity index (χ1) is 11.9. The number of piperidine rings is 1. The largest absolute Gasteiger partial charge is 0.355 e. The number of carbonyl (C=O) groups excluding carboxylic acids is 1. The van der Waals surface area contributed by atoms with E-state index in [-0.39, 0.29) is 17.2 Å². The first-order valence-corrected chi connectivity index (χ1v) is 9.76. The van der Waals surface area contributed by atoms with E-state index < -0.39 is 0 Å². The molecule has 3 atom stereocenters. The van der Waals surface area contributed by atoms with Crippen molar-refractivity contribution in [3.8, 4) is 0 Å². The Balaban J connectivity index is 1.62. The predicted molar refractivity (Wildman–Crippen MR) is 100 cm³/mol. The molecule has 1 aromatic heterocycles. The molecule has 0 radical (unpaired) electrons. The van der Waals surface area contributed by atoms with Gasteiger partial charge in [0.25, 0.3) is 0 Å². The van der Waals surface area contributed by atoms with E-state index in [4.69, 9.17) is 0 Å². The molecule has 0 spiro atoms. The molecule has 1 aliphatic carbocycles. The Hall–Kier alpha value is -1.65. The molecule has 5 nitrogen and oxygen atoms in total. The Morgan fingerprint density at radius 2 is 1.96 bits per heavy atom. The summed E-state index contributed by atoms with van der Waals surface area (Å²) in [5.74, 6) is 1.74. The molecule has 2 aliphatic rings. The molecule has 1 saturated carbocycles. The van der Waals surface area contributed by atoms with Crippen molar-refractivity contribution in [2.45, 2.75) is 65.3 Å². The van der Waals surface area contributed by atoms with Crippen LogP contribution in [0.4, 0.5) is 5.82 Å². The fourth-order valence-electron chi connectivity index (χ4n) is 4.49. The second-order valence-corrected chi connectivity index (χ2v) is 8.72. The van der Waals surface area contributed by atoms with Gasteiger partial charge in [0, 0.05) is 31.5 Å². The van der Waals surface area contributed by atoms with Crippen LogP contribution >= 0.6 is 0 Å². The summed E-state index contributed by atoms with van der Waals surface area (Å²) in [6.07, 6.45) is 12.1. The smallest absolute Gasteiger partial charge is 0.225 e. The van der Waals surface area contributed by atoms with Crippen LogP contribution in [0.25, 0.3) is 0 Å². The summed E-state index contributed by atoms with van der Waals surface area (Å²) >= 11 is 0. The fraction of sp³-hybridized carbons (Fsp3) is 0.750. The molecular formula is C20H32N4O. The van der Waals surface area contributed by atoms with E-state index in [2.05, 4.69) is 41.0 Å². The van der Waals surface area contributed by atoms with Crippen molar-refractivity contribution in [2.24, 2.45) is 17.3 Å². The van der Waals surface area contributed by atoms with Gasteiger partial charge in [0.05, 0.1) is 12.1 Å². The van der Waals surface area contributed by atoms with Gasteiger partial charge in [0.15, 0.2) is 0 Å². The molecule has 5 heteroatoms. The van der Waals surface area contributed by atoms with E-state index >= 15 is 0 Å². The predicted octanol–water partition coefficient (Wildman–Crippen LogP) is 3.41. The maximum Gasteiger partial charge on any atom is 0.225 e. The van der Waals surface area contributed by atoms with Gasteiger partial charge in [-0.3, -0.25) is 9.78 Å². The van der Waals surface area contributed by atoms with E-state index in [1.807, 2.05) is 0 Å². The van der Waals surface area contributed by atoms with Crippen LogP contribution in [0.1, 0.15) is 59.3 Å². The quantitative estimate of drug-likeness (QED) is 0.913. The molecule has 3 rings (SSSR count). The van der Waals surface area contributed by atoms with Crippen molar-refractivity contribution in [1.82, 2.24) is 15.3 Å². The maximum atomic E-state index is 12.9. The molecule has 0 aromatic carbocycles. The third-order valence-corrected chi connectivity index (χ3v) is 5.87. The van der Waals surface area contributed by atoms with Crippen molar-refractivity contribution in [3.05, 3.63) is 18.6 Å². The lowest BCUT2D eigenvalue weighted by atomic mass is 9.69. The number of hydrogen-bond donors (Lipinski definition) is 1. The standard InChI is InChI=1S/C20H32N4O/c1-20(2,3)16-8-4-5-9-17(16)23-19(25)15-7-6-12-24(14-15)18-13-21-10-11-22-18/h10-11,13,15-17H,4-9,12,14H2,1-3H3,(H,23,25)/t15-,16-,17-/m1/s1. The molecule has 138 valence electrons. The highest BCUT2D eigenvalue weighted by Gasteiger charge is 2.36. The topological polar surface area (TPSA) is 58.1 Å². The third kappa shape index (κ3) is 4.50. The molecule has 0 bridgehead atoms. The molecule has 0 unspecified atom stereocenters. The molecule has 1 saturated heterocycles. The molecule has 1 amide bonds. The van der Waals surface area contributed by atoms with Gasteiger partial charge in [-0.2, -0.15) is 0 Å². The van der Waals surface area contributed by atoms with Crippen LogP contribution in [-0.4, -0.2) is 35.0 Å². The minimum Gasteiger partial charge on any atom is -0.355 e. The van der Waals surface area contributed by atoms with Gasteiger partial charge in [0.1, 0.15) is 5.82 Å². The monoisotopic (exact) mass is 344 g/mol. The van der Waals surface area contributed by atoms with Crippen LogP contribution in [-0.2, 0) is 4.79 Å². The minimum atomic E-state index is 0.0540. The highest BCUT2D eigenvalue weighted by atomic mass is 16.2. The molecule has 1 aliphatic heterocycles. The van der Waals surface area contributed by atoms with E-state index in [0.717, 1.165) is 38.2 Å². The summed E-state index contributed by atoms with van der Waals surface area (Å²) in [5.41, 5.74) is 0.247. The average molecular weight is 345 g/mol. The van der Waals surface area contributed by atoms with Crippen LogP contribution in [0.5, 0.6) is 0 Å². The molecular weight excluding hydrogens is 312 g/mol. The van der Waals surface area contributed by atoms with Crippen LogP contribution < -0.4 is 10.2 Å². The number of nitrogens with zero attached hydrogens (tertiary/aromatic N) is 3. The fourth-order valence-corrected chi connectivity index (χ4v) is 4.49. The lowest BCUT2D eigenvalue weighted by molar-refractivity contribution is -0.127. The van der Waals surface area contributed by atoms with Crippen molar-refractivity contribution in [1.29, 1.82) is 0 Å². The molecule has 2 heterocycles. The Labute approximate surface area is 151 Å². The summed E-state index contributed by atoms with van der Waals surface area (Å²) in [6.45, 7) is 8.61. The second-order valence-electron chi connectivity index (χ2n) is 8.72. The Morgan fingerprint density at radius 1 is 1.16 bits per heavy atom. The lowest BCUT2D eigenvalue weighted by Gasteiger charge is -2.42. The Bertz CT molecular complexity index is 569. The highest BCUT2D eigenvalue weighted by molar-refractivity contribution is 5.80. The van der Waals surface area contributed by atoms with Crippen molar-refractivity contribution in [3.63, 3.8) is 0 Å². The van der Waals surface area contributed by atoms with Gasteiger partial charge >= 0.3 is 0 Å². The van der Waals surface area contributed by atoms with Crippen molar-refractivity contribution >= 4 is 11.7 Å². The summed E-state index contributed by atoms with van der Waals surface area (Å²) in [5, 5.41) is 3.42. The van der Waals surface area contributed by atoms with Gasteiger partial charge in [0.2, 0.25) is 5.91 Å². The number of carbonyl (C=O) groups is 1. The van der Waals surface area contributed by atoms with Crippen molar-refractivity contribution in [2.75, 3.05) is 18.0 Å². The summed E-state index contributed by atoms with van der Waals surface area (Å²) in [4.78, 5) is 23.7. The zero-order chi connectivity index (χ0) is 17.9. The Morgan fingerprint density at radius 3 is 2.68 bits per heavy atom. The molecule has 1 N–H and O–H groups in total. The van der Waals surface area contributed by atoms with E-state index in [9.17, 15) is 4.79 Å². The van der Waals surface area contributed by atoms with Crippen LogP contribution in [0.3, 0.4) is 0 Å². The number of nitrogens with one attached hydrogen (secondary N) is 1. The SMILES string of the molecule is CC(C)(C)[C@@H]1CCCC[C@H]1NC(=O)[C@@H]1CCCN(c2cnccn2)C1. The van der Waals surface area contributed by atoms with Gasteiger partial charge in [-0.15, -0.1) is 0 Å². The Kier molecular flexibility index (Phi) is 5.60. The zero-order valence-electron chi connectivity index (χ0n) is 15.9. The number of hydrogen-bond acceptors (Lipinski definition) is 4. The van der Waals surface area contributed by atoms with Gasteiger partial charge in [-0.1, -0.05) is 33.6 Å². The summed E-state index contributed by atoms with van der Waals surface area (Å²) in [6, 6.07) is 0.327. The normalized spacial score (nSPS) is 27.8. The minimum absolute atomic E-state index is 0.0540. The van der Waals surface area contributed by atoms with Gasteiger partial charge in [-0.05, 0) is 37.0 Å². The second kappa shape index (κ2) is 7.71. The lowest BCUT2D eigenvalue weighted by Crippen LogP contribution is -2.51. The molecule has 25 heavy (non-hydrogen) atoms. The van der Waals surface area contributed by atoms with Crippen LogP contribution in [0, 0.1) is 17.3 Å². The maximum absolute atomic E-state index is 12.9. The molecule has 1 aromatic rings.